The second-order valence-electron chi connectivity index (χ2n) is 8.66. The molecule has 2 heterocycles. The number of sulfonamides is 1. The number of aryl methyl sites for hydroxylation is 1. The number of carboxylic acid groups (broad SMARTS) is 1. The van der Waals surface area contributed by atoms with E-state index in [4.69, 9.17) is 23.2 Å². The predicted molar refractivity (Wildman–Crippen MR) is 148 cm³/mol. The van der Waals surface area contributed by atoms with E-state index in [1.54, 1.807) is 23.0 Å². The van der Waals surface area contributed by atoms with Gasteiger partial charge in [-0.3, -0.25) is 29.9 Å². The van der Waals surface area contributed by atoms with Crippen molar-refractivity contribution in [2.45, 2.75) is 36.6 Å². The van der Waals surface area contributed by atoms with Crippen molar-refractivity contribution in [3.05, 3.63) is 58.2 Å². The Bertz CT molecular complexity index is 1480. The first kappa shape index (κ1) is 28.9. The molecule has 2 aromatic carbocycles. The number of benzene rings is 2. The van der Waals surface area contributed by atoms with E-state index in [1.807, 2.05) is 17.0 Å². The lowest BCUT2D eigenvalue weighted by Gasteiger charge is -2.19. The van der Waals surface area contributed by atoms with Gasteiger partial charge in [0.1, 0.15) is 10.9 Å². The summed E-state index contributed by atoms with van der Waals surface area (Å²) in [4.78, 5) is 28.7. The molecule has 0 saturated heterocycles. The molecule has 2 atom stereocenters. The number of hydrogen-bond acceptors (Lipinski definition) is 8. The number of carbonyl (C=O) groups is 2. The third kappa shape index (κ3) is 7.12. The number of aliphatic imine (C=N–C) groups is 1. The van der Waals surface area contributed by atoms with Gasteiger partial charge in [-0.2, -0.15) is 9.82 Å². The Kier molecular flexibility index (Phi) is 9.53. The number of halogens is 2. The summed E-state index contributed by atoms with van der Waals surface area (Å²) in [5.74, 6) is -2.07. The van der Waals surface area contributed by atoms with Crippen molar-refractivity contribution >= 4 is 62.2 Å². The van der Waals surface area contributed by atoms with E-state index in [2.05, 4.69) is 26.0 Å². The molecule has 0 fully saturated rings. The van der Waals surface area contributed by atoms with Gasteiger partial charge in [0.2, 0.25) is 10.0 Å². The normalized spacial score (nSPS) is 16.3. The molecular formula is C24H27Cl2N7O5S. The molecular weight excluding hydrogens is 569 g/mol. The van der Waals surface area contributed by atoms with E-state index in [9.17, 15) is 23.1 Å². The van der Waals surface area contributed by atoms with Crippen LogP contribution in [0.25, 0.3) is 10.9 Å². The van der Waals surface area contributed by atoms with Gasteiger partial charge in [-0.05, 0) is 37.1 Å². The minimum Gasteiger partial charge on any atom is -0.480 e. The lowest BCUT2D eigenvalue weighted by Crippen LogP contribution is -2.48. The first-order valence-electron chi connectivity index (χ1n) is 12.1. The molecule has 15 heteroatoms. The molecule has 1 amide bonds. The molecule has 1 aromatic heterocycles. The van der Waals surface area contributed by atoms with Crippen LogP contribution in [0.1, 0.15) is 23.2 Å². The number of aliphatic carboxylic acids is 1. The molecule has 0 spiro atoms. The summed E-state index contributed by atoms with van der Waals surface area (Å²) in [6.07, 6.45) is 5.06. The van der Waals surface area contributed by atoms with Gasteiger partial charge >= 0.3 is 5.97 Å². The second kappa shape index (κ2) is 12.9. The molecule has 0 bridgehead atoms. The van der Waals surface area contributed by atoms with Crippen molar-refractivity contribution < 1.29 is 23.1 Å². The van der Waals surface area contributed by atoms with Crippen LogP contribution < -0.4 is 20.7 Å². The third-order valence-corrected chi connectivity index (χ3v) is 8.36. The highest BCUT2D eigenvalue weighted by atomic mass is 35.5. The van der Waals surface area contributed by atoms with E-state index in [0.29, 0.717) is 18.5 Å². The fraction of sp³-hybridized carbons (Fsp3) is 0.333. The molecule has 0 aliphatic carbocycles. The number of fused-ring (bicyclic) bond motifs is 1. The quantitative estimate of drug-likeness (QED) is 0.198. The molecule has 3 aromatic rings. The van der Waals surface area contributed by atoms with Crippen LogP contribution >= 0.6 is 23.2 Å². The van der Waals surface area contributed by atoms with Crippen molar-refractivity contribution in [2.75, 3.05) is 19.6 Å². The number of hydrogen-bond donors (Lipinski definition) is 5. The maximum Gasteiger partial charge on any atom is 0.323 e. The van der Waals surface area contributed by atoms with Gasteiger partial charge in [0.05, 0.1) is 27.3 Å². The Balaban J connectivity index is 1.40. The summed E-state index contributed by atoms with van der Waals surface area (Å²) in [5.41, 5.74) is 1.01. The molecule has 1 aliphatic heterocycles. The molecule has 39 heavy (non-hydrogen) atoms. The zero-order valence-electron chi connectivity index (χ0n) is 20.6. The highest BCUT2D eigenvalue weighted by Crippen LogP contribution is 2.29. The van der Waals surface area contributed by atoms with E-state index >= 15 is 0 Å². The van der Waals surface area contributed by atoms with Crippen LogP contribution in [0.2, 0.25) is 10.0 Å². The van der Waals surface area contributed by atoms with Crippen LogP contribution in [0, 0.1) is 0 Å². The van der Waals surface area contributed by atoms with E-state index in [-0.39, 0.29) is 21.9 Å². The van der Waals surface area contributed by atoms with Crippen LogP contribution in [-0.2, 0) is 21.4 Å². The molecule has 12 nitrogen and oxygen atoms in total. The fourth-order valence-corrected chi connectivity index (χ4v) is 6.38. The molecule has 0 radical (unpaired) electrons. The van der Waals surface area contributed by atoms with Gasteiger partial charge in [-0.15, -0.1) is 0 Å². The predicted octanol–water partition coefficient (Wildman–Crippen LogP) is 1.83. The third-order valence-electron chi connectivity index (χ3n) is 5.93. The van der Waals surface area contributed by atoms with Gasteiger partial charge in [0.15, 0.2) is 6.29 Å². The van der Waals surface area contributed by atoms with Crippen LogP contribution in [0.5, 0.6) is 0 Å². The topological polar surface area (TPSA) is 167 Å². The van der Waals surface area contributed by atoms with Crippen LogP contribution in [0.4, 0.5) is 0 Å². The number of carboxylic acids is 1. The average molecular weight is 596 g/mol. The summed E-state index contributed by atoms with van der Waals surface area (Å²) in [6.45, 7) is 1.67. The molecule has 5 N–H and O–H groups in total. The number of nitrogens with zero attached hydrogens (tertiary/aromatic N) is 3. The first-order chi connectivity index (χ1) is 18.7. The largest absolute Gasteiger partial charge is 0.480 e. The highest BCUT2D eigenvalue weighted by molar-refractivity contribution is 7.89. The number of nitrogens with one attached hydrogen (secondary N) is 4. The Morgan fingerprint density at radius 1 is 1.18 bits per heavy atom. The lowest BCUT2D eigenvalue weighted by atomic mass is 10.1. The lowest BCUT2D eigenvalue weighted by molar-refractivity contribution is -0.138. The molecule has 1 aliphatic rings. The Morgan fingerprint density at radius 2 is 1.92 bits per heavy atom. The summed E-state index contributed by atoms with van der Waals surface area (Å²) < 4.78 is 29.4. The highest BCUT2D eigenvalue weighted by Gasteiger charge is 2.29. The number of amides is 1. The van der Waals surface area contributed by atoms with E-state index < -0.39 is 39.4 Å². The first-order valence-corrected chi connectivity index (χ1v) is 14.3. The van der Waals surface area contributed by atoms with Gasteiger partial charge in [-0.25, -0.2) is 8.42 Å². The average Bonchev–Trinajstić information content (AvgIpc) is 3.32. The maximum atomic E-state index is 13.0. The van der Waals surface area contributed by atoms with E-state index in [0.717, 1.165) is 24.9 Å². The zero-order valence-corrected chi connectivity index (χ0v) is 22.9. The molecule has 4 rings (SSSR count). The monoisotopic (exact) mass is 595 g/mol. The maximum absolute atomic E-state index is 13.0. The summed E-state index contributed by atoms with van der Waals surface area (Å²) in [7, 11) is -4.40. The summed E-state index contributed by atoms with van der Waals surface area (Å²) >= 11 is 12.0. The standard InChI is InChI=1S/C24H27Cl2N7O5S/c25-17-6-2-7-18(26)21(17)39(37,38)32-19(23(35)36)14-30-22(34)15-5-1-8-20-16(15)13-31-33(20)12-4-11-29-24-27-9-3-10-28-24/h1-2,5-9,13,19,24,28-29,32H,3-4,10-12,14H2,(H,30,34)(H,35,36). The number of rotatable bonds is 12. The minimum absolute atomic E-state index is 0.0933. The van der Waals surface area contributed by atoms with Gasteiger partial charge in [0, 0.05) is 37.8 Å². The summed E-state index contributed by atoms with van der Waals surface area (Å²) in [5, 5.41) is 23.3. The second-order valence-corrected chi connectivity index (χ2v) is 11.1. The van der Waals surface area contributed by atoms with Crippen LogP contribution in [-0.4, -0.2) is 73.4 Å². The van der Waals surface area contributed by atoms with Gasteiger partial charge in [-0.1, -0.05) is 35.3 Å². The smallest absolute Gasteiger partial charge is 0.323 e. The number of aromatic nitrogens is 2. The molecule has 2 unspecified atom stereocenters. The Morgan fingerprint density at radius 3 is 2.62 bits per heavy atom. The van der Waals surface area contributed by atoms with Crippen LogP contribution in [0.3, 0.4) is 0 Å². The van der Waals surface area contributed by atoms with Crippen molar-refractivity contribution in [2.24, 2.45) is 4.99 Å². The fourth-order valence-electron chi connectivity index (χ4n) is 4.04. The van der Waals surface area contributed by atoms with Gasteiger partial charge < -0.3 is 10.4 Å². The van der Waals surface area contributed by atoms with E-state index in [1.165, 1.54) is 18.2 Å². The summed E-state index contributed by atoms with van der Waals surface area (Å²) in [6, 6.07) is 7.54. The van der Waals surface area contributed by atoms with Crippen molar-refractivity contribution in [1.82, 2.24) is 30.5 Å². The minimum atomic E-state index is -4.40. The Labute approximate surface area is 234 Å². The molecule has 208 valence electrons. The van der Waals surface area contributed by atoms with Crippen molar-refractivity contribution in [3.8, 4) is 0 Å². The van der Waals surface area contributed by atoms with Crippen molar-refractivity contribution in [1.29, 1.82) is 0 Å². The van der Waals surface area contributed by atoms with Crippen LogP contribution in [0.15, 0.2) is 52.5 Å². The zero-order chi connectivity index (χ0) is 28.0. The Hall–Kier alpha value is -3.07. The van der Waals surface area contributed by atoms with Gasteiger partial charge in [0.25, 0.3) is 5.91 Å². The van der Waals surface area contributed by atoms with Crippen molar-refractivity contribution in [3.63, 3.8) is 0 Å². The number of carbonyl (C=O) groups excluding carboxylic acids is 1. The SMILES string of the molecule is O=C(NCC(NS(=O)(=O)c1c(Cl)cccc1Cl)C(=O)O)c1cccc2c1cnn2CCCNC1N=CCCN1. The molecule has 0 saturated carbocycles.